The van der Waals surface area contributed by atoms with Gasteiger partial charge in [0.25, 0.3) is 5.91 Å². The predicted octanol–water partition coefficient (Wildman–Crippen LogP) is 2.04. The molecule has 2 heterocycles. The van der Waals surface area contributed by atoms with E-state index >= 15 is 0 Å². The number of hydrogen-bond acceptors (Lipinski definition) is 4. The molecule has 0 bridgehead atoms. The van der Waals surface area contributed by atoms with Gasteiger partial charge in [0, 0.05) is 44.3 Å². The van der Waals surface area contributed by atoms with Crippen LogP contribution in [-0.2, 0) is 9.53 Å². The predicted molar refractivity (Wildman–Crippen MR) is 101 cm³/mol. The zero-order valence-electron chi connectivity index (χ0n) is 15.6. The first-order valence-electron chi connectivity index (χ1n) is 9.69. The van der Waals surface area contributed by atoms with Crippen LogP contribution in [0.1, 0.15) is 43.0 Å². The third kappa shape index (κ3) is 4.55. The van der Waals surface area contributed by atoms with Crippen LogP contribution in [0, 0.1) is 0 Å². The van der Waals surface area contributed by atoms with Gasteiger partial charge in [-0.05, 0) is 31.4 Å². The van der Waals surface area contributed by atoms with E-state index in [1.165, 1.54) is 0 Å². The standard InChI is InChI=1S/C20H29N3O3/c1-2-6-19(24)21-16-7-5-10-23(15-16)20(25)17-8-3-4-9-18(17)22-11-13-26-14-12-22/h3-4,8-9,16H,2,5-7,10-15H2,1H3,(H,21,24). The highest BCUT2D eigenvalue weighted by Gasteiger charge is 2.27. The van der Waals surface area contributed by atoms with Crippen molar-refractivity contribution in [3.8, 4) is 0 Å². The number of piperidine rings is 1. The lowest BCUT2D eigenvalue weighted by molar-refractivity contribution is -0.122. The van der Waals surface area contributed by atoms with E-state index in [1.807, 2.05) is 36.1 Å². The zero-order chi connectivity index (χ0) is 18.4. The molecule has 1 aromatic carbocycles. The molecule has 142 valence electrons. The van der Waals surface area contributed by atoms with Gasteiger partial charge in [-0.25, -0.2) is 0 Å². The van der Waals surface area contributed by atoms with Crippen LogP contribution in [0.4, 0.5) is 5.69 Å². The molecule has 0 spiro atoms. The molecule has 2 fully saturated rings. The van der Waals surface area contributed by atoms with E-state index in [2.05, 4.69) is 10.2 Å². The zero-order valence-corrected chi connectivity index (χ0v) is 15.6. The number of likely N-dealkylation sites (tertiary alicyclic amines) is 1. The van der Waals surface area contributed by atoms with E-state index in [0.717, 1.165) is 50.1 Å². The molecule has 1 N–H and O–H groups in total. The second kappa shape index (κ2) is 9.03. The molecule has 0 aliphatic carbocycles. The van der Waals surface area contributed by atoms with Gasteiger partial charge in [0.05, 0.1) is 18.8 Å². The molecule has 6 nitrogen and oxygen atoms in total. The number of ether oxygens (including phenoxy) is 1. The summed E-state index contributed by atoms with van der Waals surface area (Å²) >= 11 is 0. The number of para-hydroxylation sites is 1. The number of morpholine rings is 1. The molecule has 2 amide bonds. The van der Waals surface area contributed by atoms with Crippen LogP contribution in [0.15, 0.2) is 24.3 Å². The first-order chi connectivity index (χ1) is 12.7. The maximum absolute atomic E-state index is 13.2. The summed E-state index contributed by atoms with van der Waals surface area (Å²) in [6.45, 7) is 6.33. The smallest absolute Gasteiger partial charge is 0.256 e. The van der Waals surface area contributed by atoms with E-state index in [9.17, 15) is 9.59 Å². The second-order valence-corrected chi connectivity index (χ2v) is 7.02. The third-order valence-electron chi connectivity index (χ3n) is 5.04. The summed E-state index contributed by atoms with van der Waals surface area (Å²) in [5, 5.41) is 3.07. The summed E-state index contributed by atoms with van der Waals surface area (Å²) < 4.78 is 5.43. The number of rotatable bonds is 5. The Kier molecular flexibility index (Phi) is 6.50. The van der Waals surface area contributed by atoms with Gasteiger partial charge < -0.3 is 19.9 Å². The molecule has 2 aliphatic rings. The fourth-order valence-corrected chi connectivity index (χ4v) is 3.71. The van der Waals surface area contributed by atoms with Crippen molar-refractivity contribution in [1.82, 2.24) is 10.2 Å². The summed E-state index contributed by atoms with van der Waals surface area (Å²) in [4.78, 5) is 29.2. The Bertz CT molecular complexity index is 628. The first-order valence-corrected chi connectivity index (χ1v) is 9.69. The minimum absolute atomic E-state index is 0.0570. The van der Waals surface area contributed by atoms with Crippen molar-refractivity contribution in [1.29, 1.82) is 0 Å². The van der Waals surface area contributed by atoms with Gasteiger partial charge in [0.2, 0.25) is 5.91 Å². The number of anilines is 1. The molecule has 0 aromatic heterocycles. The van der Waals surface area contributed by atoms with Crippen molar-refractivity contribution >= 4 is 17.5 Å². The number of nitrogens with zero attached hydrogens (tertiary/aromatic N) is 2. The van der Waals surface area contributed by atoms with Crippen LogP contribution < -0.4 is 10.2 Å². The van der Waals surface area contributed by atoms with Gasteiger partial charge in [-0.2, -0.15) is 0 Å². The Hall–Kier alpha value is -2.08. The van der Waals surface area contributed by atoms with Gasteiger partial charge in [-0.3, -0.25) is 9.59 Å². The number of nitrogens with one attached hydrogen (secondary N) is 1. The van der Waals surface area contributed by atoms with Crippen LogP contribution in [0.3, 0.4) is 0 Å². The SMILES string of the molecule is CCCC(=O)NC1CCCN(C(=O)c2ccccc2N2CCOCC2)C1. The van der Waals surface area contributed by atoms with Crippen LogP contribution in [-0.4, -0.2) is 62.1 Å². The molecule has 2 aliphatic heterocycles. The summed E-state index contributed by atoms with van der Waals surface area (Å²) in [6.07, 6.45) is 3.24. The van der Waals surface area contributed by atoms with E-state index in [-0.39, 0.29) is 17.9 Å². The average molecular weight is 359 g/mol. The number of carbonyl (C=O) groups is 2. The third-order valence-corrected chi connectivity index (χ3v) is 5.04. The minimum Gasteiger partial charge on any atom is -0.378 e. The van der Waals surface area contributed by atoms with Crippen LogP contribution >= 0.6 is 0 Å². The van der Waals surface area contributed by atoms with E-state index < -0.39 is 0 Å². The van der Waals surface area contributed by atoms with E-state index in [4.69, 9.17) is 4.74 Å². The lowest BCUT2D eigenvalue weighted by atomic mass is 10.0. The van der Waals surface area contributed by atoms with Crippen molar-refractivity contribution in [2.45, 2.75) is 38.6 Å². The largest absolute Gasteiger partial charge is 0.378 e. The number of benzene rings is 1. The van der Waals surface area contributed by atoms with E-state index in [0.29, 0.717) is 26.2 Å². The maximum atomic E-state index is 13.2. The molecule has 6 heteroatoms. The topological polar surface area (TPSA) is 61.9 Å². The molecule has 26 heavy (non-hydrogen) atoms. The first kappa shape index (κ1) is 18.7. The lowest BCUT2D eigenvalue weighted by Crippen LogP contribution is -2.49. The molecule has 3 rings (SSSR count). The Balaban J connectivity index is 1.69. The second-order valence-electron chi connectivity index (χ2n) is 7.02. The van der Waals surface area contributed by atoms with Crippen molar-refractivity contribution in [3.63, 3.8) is 0 Å². The van der Waals surface area contributed by atoms with Gasteiger partial charge in [-0.15, -0.1) is 0 Å². The quantitative estimate of drug-likeness (QED) is 0.874. The van der Waals surface area contributed by atoms with Gasteiger partial charge >= 0.3 is 0 Å². The van der Waals surface area contributed by atoms with Crippen molar-refractivity contribution in [2.75, 3.05) is 44.3 Å². The van der Waals surface area contributed by atoms with Crippen LogP contribution in [0.2, 0.25) is 0 Å². The molecule has 2 saturated heterocycles. The minimum atomic E-state index is 0.0570. The highest BCUT2D eigenvalue weighted by molar-refractivity contribution is 6.00. The molecular formula is C20H29N3O3. The fourth-order valence-electron chi connectivity index (χ4n) is 3.71. The average Bonchev–Trinajstić information content (AvgIpc) is 2.68. The molecule has 1 unspecified atom stereocenters. The van der Waals surface area contributed by atoms with Crippen molar-refractivity contribution in [3.05, 3.63) is 29.8 Å². The molecule has 0 saturated carbocycles. The van der Waals surface area contributed by atoms with Crippen molar-refractivity contribution in [2.24, 2.45) is 0 Å². The summed E-state index contributed by atoms with van der Waals surface area (Å²) in [7, 11) is 0. The molecular weight excluding hydrogens is 330 g/mol. The summed E-state index contributed by atoms with van der Waals surface area (Å²) in [6, 6.07) is 7.88. The monoisotopic (exact) mass is 359 g/mol. The highest BCUT2D eigenvalue weighted by Crippen LogP contribution is 2.24. The Morgan fingerprint density at radius 2 is 1.96 bits per heavy atom. The van der Waals surface area contributed by atoms with Gasteiger partial charge in [0.15, 0.2) is 0 Å². The maximum Gasteiger partial charge on any atom is 0.256 e. The van der Waals surface area contributed by atoms with E-state index in [1.54, 1.807) is 0 Å². The highest BCUT2D eigenvalue weighted by atomic mass is 16.5. The van der Waals surface area contributed by atoms with Gasteiger partial charge in [-0.1, -0.05) is 19.1 Å². The van der Waals surface area contributed by atoms with Crippen LogP contribution in [0.5, 0.6) is 0 Å². The number of carbonyl (C=O) groups excluding carboxylic acids is 2. The Morgan fingerprint density at radius 1 is 1.19 bits per heavy atom. The van der Waals surface area contributed by atoms with Crippen LogP contribution in [0.25, 0.3) is 0 Å². The lowest BCUT2D eigenvalue weighted by Gasteiger charge is -2.35. The van der Waals surface area contributed by atoms with Crippen molar-refractivity contribution < 1.29 is 14.3 Å². The summed E-state index contributed by atoms with van der Waals surface area (Å²) in [5.74, 6) is 0.141. The Labute approximate surface area is 155 Å². The van der Waals surface area contributed by atoms with Gasteiger partial charge in [0.1, 0.15) is 0 Å². The normalized spacial score (nSPS) is 20.7. The summed E-state index contributed by atoms with van der Waals surface area (Å²) in [5.41, 5.74) is 1.73. The fraction of sp³-hybridized carbons (Fsp3) is 0.600. The number of hydrogen-bond donors (Lipinski definition) is 1. The molecule has 0 radical (unpaired) electrons. The molecule has 1 atom stereocenters. The Morgan fingerprint density at radius 3 is 2.73 bits per heavy atom. The molecule has 1 aromatic rings. The number of amides is 2.